The van der Waals surface area contributed by atoms with E-state index in [0.717, 1.165) is 17.7 Å². The van der Waals surface area contributed by atoms with E-state index >= 15 is 0 Å². The number of halogens is 3. The van der Waals surface area contributed by atoms with E-state index in [-0.39, 0.29) is 18.9 Å². The van der Waals surface area contributed by atoms with Gasteiger partial charge in [-0.25, -0.2) is 4.68 Å². The van der Waals surface area contributed by atoms with Crippen molar-refractivity contribution in [1.29, 1.82) is 0 Å². The smallest absolute Gasteiger partial charge is 0.391 e. The monoisotopic (exact) mass is 305 g/mol. The second-order valence-corrected chi connectivity index (χ2v) is 5.68. The summed E-state index contributed by atoms with van der Waals surface area (Å²) in [5, 5.41) is 7.51. The minimum absolute atomic E-state index is 0.102. The highest BCUT2D eigenvalue weighted by Gasteiger charge is 2.42. The average molecular weight is 305 g/mol. The second kappa shape index (κ2) is 6.25. The van der Waals surface area contributed by atoms with Crippen LogP contribution < -0.4 is 10.1 Å². The molecule has 21 heavy (non-hydrogen) atoms. The minimum atomic E-state index is -4.08. The highest BCUT2D eigenvalue weighted by molar-refractivity contribution is 5.30. The van der Waals surface area contributed by atoms with Gasteiger partial charge in [0.15, 0.2) is 0 Å². The molecule has 0 amide bonds. The van der Waals surface area contributed by atoms with E-state index < -0.39 is 12.1 Å². The summed E-state index contributed by atoms with van der Waals surface area (Å²) in [6.45, 7) is 2.36. The molecular formula is C14H22F3N3O. The predicted molar refractivity (Wildman–Crippen MR) is 73.1 cm³/mol. The first-order valence-electron chi connectivity index (χ1n) is 7.19. The summed E-state index contributed by atoms with van der Waals surface area (Å²) in [6, 6.07) is -0.102. The van der Waals surface area contributed by atoms with E-state index in [9.17, 15) is 13.2 Å². The van der Waals surface area contributed by atoms with E-state index in [1.165, 1.54) is 0 Å². The molecule has 4 nitrogen and oxygen atoms in total. The zero-order valence-corrected chi connectivity index (χ0v) is 12.6. The van der Waals surface area contributed by atoms with Gasteiger partial charge in [-0.2, -0.15) is 18.3 Å². The molecule has 120 valence electrons. The van der Waals surface area contributed by atoms with Crippen LogP contribution in [0.3, 0.4) is 0 Å². The van der Waals surface area contributed by atoms with E-state index in [4.69, 9.17) is 4.74 Å². The molecule has 1 aromatic heterocycles. The van der Waals surface area contributed by atoms with Crippen LogP contribution in [0, 0.1) is 12.8 Å². The summed E-state index contributed by atoms with van der Waals surface area (Å²) < 4.78 is 45.3. The quantitative estimate of drug-likeness (QED) is 0.929. The van der Waals surface area contributed by atoms with Crippen LogP contribution in [-0.4, -0.2) is 29.1 Å². The fourth-order valence-electron chi connectivity index (χ4n) is 3.06. The van der Waals surface area contributed by atoms with Gasteiger partial charge in [-0.3, -0.25) is 0 Å². The molecule has 2 atom stereocenters. The number of hydrogen-bond acceptors (Lipinski definition) is 3. The molecule has 1 N–H and O–H groups in total. The molecular weight excluding hydrogens is 283 g/mol. The molecule has 1 fully saturated rings. The predicted octanol–water partition coefficient (Wildman–Crippen LogP) is 2.95. The van der Waals surface area contributed by atoms with E-state index in [2.05, 4.69) is 10.4 Å². The normalized spacial score (nSPS) is 23.3. The molecule has 0 saturated heterocycles. The molecule has 0 unspecified atom stereocenters. The van der Waals surface area contributed by atoms with Gasteiger partial charge >= 0.3 is 6.18 Å². The molecule has 2 rings (SSSR count). The Morgan fingerprint density at radius 1 is 1.38 bits per heavy atom. The maximum atomic E-state index is 12.8. The Morgan fingerprint density at radius 3 is 2.71 bits per heavy atom. The Labute approximate surface area is 122 Å². The number of ether oxygens (including phenoxy) is 1. The van der Waals surface area contributed by atoms with Crippen LogP contribution in [0.15, 0.2) is 0 Å². The summed E-state index contributed by atoms with van der Waals surface area (Å²) >= 11 is 0. The van der Waals surface area contributed by atoms with Gasteiger partial charge in [0.25, 0.3) is 0 Å². The molecule has 1 saturated carbocycles. The van der Waals surface area contributed by atoms with Crippen LogP contribution in [-0.2, 0) is 13.6 Å². The largest absolute Gasteiger partial charge is 0.481 e. The van der Waals surface area contributed by atoms with Crippen LogP contribution in [0.1, 0.15) is 36.9 Å². The first-order chi connectivity index (χ1) is 9.82. The Balaban J connectivity index is 1.97. The average Bonchev–Trinajstić information content (AvgIpc) is 2.69. The molecule has 1 aliphatic rings. The third kappa shape index (κ3) is 3.70. The number of aromatic nitrogens is 2. The lowest BCUT2D eigenvalue weighted by Gasteiger charge is -2.31. The number of hydrogen-bond donors (Lipinski definition) is 1. The third-order valence-corrected chi connectivity index (χ3v) is 4.19. The molecule has 7 heteroatoms. The van der Waals surface area contributed by atoms with Gasteiger partial charge in [-0.1, -0.05) is 6.42 Å². The van der Waals surface area contributed by atoms with Gasteiger partial charge in [0.2, 0.25) is 5.88 Å². The van der Waals surface area contributed by atoms with E-state index in [1.54, 1.807) is 18.8 Å². The Kier molecular flexibility index (Phi) is 4.81. The van der Waals surface area contributed by atoms with Gasteiger partial charge in [0.05, 0.1) is 24.3 Å². The SMILES string of the molecule is COc1c(CN[C@H]2CCC[C@@H](C(F)(F)F)C2)c(C)nn1C. The fourth-order valence-corrected chi connectivity index (χ4v) is 3.06. The first kappa shape index (κ1) is 16.1. The van der Waals surface area contributed by atoms with Crippen molar-refractivity contribution in [3.8, 4) is 5.88 Å². The Bertz CT molecular complexity index is 485. The van der Waals surface area contributed by atoms with E-state index in [1.807, 2.05) is 6.92 Å². The molecule has 0 spiro atoms. The number of nitrogens with one attached hydrogen (secondary N) is 1. The molecule has 0 aromatic carbocycles. The van der Waals surface area contributed by atoms with Crippen molar-refractivity contribution in [3.63, 3.8) is 0 Å². The molecule has 0 aliphatic heterocycles. The summed E-state index contributed by atoms with van der Waals surface area (Å²) in [7, 11) is 3.36. The van der Waals surface area contributed by atoms with Crippen molar-refractivity contribution in [2.75, 3.05) is 7.11 Å². The zero-order chi connectivity index (χ0) is 15.6. The first-order valence-corrected chi connectivity index (χ1v) is 7.19. The summed E-state index contributed by atoms with van der Waals surface area (Å²) in [5.74, 6) is -0.524. The van der Waals surface area contributed by atoms with Gasteiger partial charge in [-0.15, -0.1) is 0 Å². The minimum Gasteiger partial charge on any atom is -0.481 e. The Morgan fingerprint density at radius 2 is 2.10 bits per heavy atom. The summed E-state index contributed by atoms with van der Waals surface area (Å²) in [4.78, 5) is 0. The number of rotatable bonds is 4. The van der Waals surface area contributed by atoms with Crippen LogP contribution in [0.25, 0.3) is 0 Å². The topological polar surface area (TPSA) is 39.1 Å². The lowest BCUT2D eigenvalue weighted by Crippen LogP contribution is -2.38. The number of alkyl halides is 3. The maximum Gasteiger partial charge on any atom is 0.391 e. The lowest BCUT2D eigenvalue weighted by molar-refractivity contribution is -0.183. The van der Waals surface area contributed by atoms with Crippen molar-refractivity contribution in [1.82, 2.24) is 15.1 Å². The van der Waals surface area contributed by atoms with Crippen LogP contribution in [0.5, 0.6) is 5.88 Å². The number of nitrogens with zero attached hydrogens (tertiary/aromatic N) is 2. The zero-order valence-electron chi connectivity index (χ0n) is 12.6. The third-order valence-electron chi connectivity index (χ3n) is 4.19. The summed E-state index contributed by atoms with van der Waals surface area (Å²) in [6.07, 6.45) is -2.27. The van der Waals surface area contributed by atoms with Crippen molar-refractivity contribution in [3.05, 3.63) is 11.3 Å². The van der Waals surface area contributed by atoms with Crippen LogP contribution in [0.4, 0.5) is 13.2 Å². The van der Waals surface area contributed by atoms with Gasteiger partial charge in [0.1, 0.15) is 0 Å². The molecule has 0 radical (unpaired) electrons. The van der Waals surface area contributed by atoms with Crippen molar-refractivity contribution in [2.24, 2.45) is 13.0 Å². The molecule has 0 bridgehead atoms. The standard InChI is InChI=1S/C14H22F3N3O/c1-9-12(13(21-3)20(2)19-9)8-18-11-6-4-5-10(7-11)14(15,16)17/h10-11,18H,4-8H2,1-3H3/t10-,11+/m1/s1. The summed E-state index contributed by atoms with van der Waals surface area (Å²) in [5.41, 5.74) is 1.75. The van der Waals surface area contributed by atoms with Crippen molar-refractivity contribution >= 4 is 0 Å². The number of aryl methyl sites for hydroxylation is 2. The lowest BCUT2D eigenvalue weighted by atomic mass is 9.85. The number of methoxy groups -OCH3 is 1. The van der Waals surface area contributed by atoms with Gasteiger partial charge < -0.3 is 10.1 Å². The molecule has 1 heterocycles. The van der Waals surface area contributed by atoms with Crippen molar-refractivity contribution in [2.45, 2.75) is 51.4 Å². The maximum absolute atomic E-state index is 12.8. The Hall–Kier alpha value is -1.24. The highest BCUT2D eigenvalue weighted by Crippen LogP contribution is 2.37. The molecule has 1 aromatic rings. The van der Waals surface area contributed by atoms with E-state index in [0.29, 0.717) is 18.8 Å². The van der Waals surface area contributed by atoms with Crippen molar-refractivity contribution < 1.29 is 17.9 Å². The highest BCUT2D eigenvalue weighted by atomic mass is 19.4. The van der Waals surface area contributed by atoms with Crippen LogP contribution >= 0.6 is 0 Å². The second-order valence-electron chi connectivity index (χ2n) is 5.68. The van der Waals surface area contributed by atoms with Crippen LogP contribution in [0.2, 0.25) is 0 Å². The van der Waals surface area contributed by atoms with Gasteiger partial charge in [0, 0.05) is 19.6 Å². The fraction of sp³-hybridized carbons (Fsp3) is 0.786. The molecule has 1 aliphatic carbocycles. The van der Waals surface area contributed by atoms with Gasteiger partial charge in [-0.05, 0) is 26.2 Å².